The molecule has 0 saturated heterocycles. The van der Waals surface area contributed by atoms with Crippen LogP contribution in [0.4, 0.5) is 5.69 Å². The molecule has 0 aliphatic rings. The molecule has 0 aliphatic heterocycles. The largest absolute Gasteiger partial charge is 0.396 e. The van der Waals surface area contributed by atoms with Crippen LogP contribution in [0.3, 0.4) is 0 Å². The van der Waals surface area contributed by atoms with Gasteiger partial charge in [-0.3, -0.25) is 0 Å². The molecule has 2 N–H and O–H groups in total. The average molecular weight is 365 g/mol. The van der Waals surface area contributed by atoms with Crippen molar-refractivity contribution in [3.8, 4) is 6.07 Å². The summed E-state index contributed by atoms with van der Waals surface area (Å²) in [5.74, 6) is 0. The minimum absolute atomic E-state index is 0.0970. The highest BCUT2D eigenvalue weighted by atomic mass is 32.2. The highest BCUT2D eigenvalue weighted by Gasteiger charge is 2.16. The summed E-state index contributed by atoms with van der Waals surface area (Å²) in [5.41, 5.74) is 1.74. The van der Waals surface area contributed by atoms with Crippen LogP contribution in [0, 0.1) is 11.3 Å². The van der Waals surface area contributed by atoms with Crippen molar-refractivity contribution in [3.63, 3.8) is 0 Å². The SMILES string of the molecule is CCCN(CCC)c1ccc(/C=C(\C#N)S(=O)(=O)NCCCO)cc1. The Morgan fingerprint density at radius 2 is 1.84 bits per heavy atom. The summed E-state index contributed by atoms with van der Waals surface area (Å²) in [6, 6.07) is 9.25. The zero-order valence-electron chi connectivity index (χ0n) is 14.9. The van der Waals surface area contributed by atoms with Crippen LogP contribution < -0.4 is 9.62 Å². The Morgan fingerprint density at radius 1 is 1.24 bits per heavy atom. The first kappa shape index (κ1) is 21.2. The van der Waals surface area contributed by atoms with E-state index >= 15 is 0 Å². The molecule has 0 amide bonds. The molecule has 0 aromatic heterocycles. The highest BCUT2D eigenvalue weighted by molar-refractivity contribution is 7.93. The van der Waals surface area contributed by atoms with Crippen LogP contribution in [0.15, 0.2) is 29.2 Å². The molecule has 0 atom stereocenters. The second-order valence-electron chi connectivity index (χ2n) is 5.67. The number of anilines is 1. The Morgan fingerprint density at radius 3 is 2.32 bits per heavy atom. The lowest BCUT2D eigenvalue weighted by molar-refractivity contribution is 0.289. The number of nitrogens with one attached hydrogen (secondary N) is 1. The number of nitrogens with zero attached hydrogens (tertiary/aromatic N) is 2. The van der Waals surface area contributed by atoms with E-state index in [2.05, 4.69) is 23.5 Å². The van der Waals surface area contributed by atoms with E-state index in [0.29, 0.717) is 12.0 Å². The molecular weight excluding hydrogens is 338 g/mol. The fraction of sp³-hybridized carbons (Fsp3) is 0.500. The number of hydrogen-bond donors (Lipinski definition) is 2. The van der Waals surface area contributed by atoms with Crippen LogP contribution in [-0.2, 0) is 10.0 Å². The van der Waals surface area contributed by atoms with Gasteiger partial charge in [-0.2, -0.15) is 5.26 Å². The molecule has 0 radical (unpaired) electrons. The van der Waals surface area contributed by atoms with Gasteiger partial charge in [0.15, 0.2) is 4.91 Å². The monoisotopic (exact) mass is 365 g/mol. The van der Waals surface area contributed by atoms with Gasteiger partial charge in [-0.1, -0.05) is 26.0 Å². The lowest BCUT2D eigenvalue weighted by Gasteiger charge is -2.23. The van der Waals surface area contributed by atoms with Crippen LogP contribution >= 0.6 is 0 Å². The molecule has 0 fully saturated rings. The summed E-state index contributed by atoms with van der Waals surface area (Å²) in [4.78, 5) is 1.95. The van der Waals surface area contributed by atoms with Gasteiger partial charge in [0.1, 0.15) is 6.07 Å². The quantitative estimate of drug-likeness (QED) is 0.464. The van der Waals surface area contributed by atoms with Gasteiger partial charge in [0.2, 0.25) is 0 Å². The molecule has 1 rings (SSSR count). The molecule has 0 spiro atoms. The Hall–Kier alpha value is -1.88. The van der Waals surface area contributed by atoms with Crippen molar-refractivity contribution in [3.05, 3.63) is 34.7 Å². The summed E-state index contributed by atoms with van der Waals surface area (Å²) in [6.07, 6.45) is 3.77. The number of aliphatic hydroxyl groups is 1. The molecule has 0 bridgehead atoms. The molecule has 25 heavy (non-hydrogen) atoms. The third kappa shape index (κ3) is 6.86. The van der Waals surface area contributed by atoms with Crippen LogP contribution in [0.25, 0.3) is 6.08 Å². The van der Waals surface area contributed by atoms with Crippen molar-refractivity contribution < 1.29 is 13.5 Å². The van der Waals surface area contributed by atoms with Crippen molar-refractivity contribution in [2.45, 2.75) is 33.1 Å². The van der Waals surface area contributed by atoms with Crippen LogP contribution in [0.2, 0.25) is 0 Å². The Labute approximate surface area is 150 Å². The number of sulfonamides is 1. The Balaban J connectivity index is 2.96. The van der Waals surface area contributed by atoms with E-state index in [-0.39, 0.29) is 18.1 Å². The first-order valence-electron chi connectivity index (χ1n) is 8.55. The Bertz CT molecular complexity index is 685. The zero-order valence-corrected chi connectivity index (χ0v) is 15.7. The molecule has 7 heteroatoms. The summed E-state index contributed by atoms with van der Waals surface area (Å²) in [6.45, 7) is 6.19. The molecule has 1 aromatic rings. The molecule has 0 saturated carbocycles. The van der Waals surface area contributed by atoms with Gasteiger partial charge in [-0.15, -0.1) is 0 Å². The number of hydrogen-bond acceptors (Lipinski definition) is 5. The second-order valence-corrected chi connectivity index (χ2v) is 7.41. The van der Waals surface area contributed by atoms with Gasteiger partial charge >= 0.3 is 0 Å². The van der Waals surface area contributed by atoms with Crippen molar-refractivity contribution in [1.82, 2.24) is 4.72 Å². The fourth-order valence-electron chi connectivity index (χ4n) is 2.38. The first-order valence-corrected chi connectivity index (χ1v) is 10.0. The predicted molar refractivity (Wildman–Crippen MR) is 101 cm³/mol. The smallest absolute Gasteiger partial charge is 0.250 e. The molecule has 0 aliphatic carbocycles. The fourth-order valence-corrected chi connectivity index (χ4v) is 3.36. The lowest BCUT2D eigenvalue weighted by Crippen LogP contribution is -2.26. The van der Waals surface area contributed by atoms with E-state index < -0.39 is 10.0 Å². The molecule has 1 aromatic carbocycles. The van der Waals surface area contributed by atoms with Gasteiger partial charge in [0.25, 0.3) is 10.0 Å². The third-order valence-electron chi connectivity index (χ3n) is 3.57. The number of benzene rings is 1. The van der Waals surface area contributed by atoms with E-state index in [1.165, 1.54) is 6.08 Å². The number of nitriles is 1. The van der Waals surface area contributed by atoms with E-state index in [4.69, 9.17) is 10.4 Å². The minimum atomic E-state index is -3.86. The normalized spacial score (nSPS) is 12.0. The van der Waals surface area contributed by atoms with E-state index in [9.17, 15) is 8.42 Å². The molecule has 138 valence electrons. The van der Waals surface area contributed by atoms with Crippen LogP contribution in [0.1, 0.15) is 38.7 Å². The van der Waals surface area contributed by atoms with E-state index in [0.717, 1.165) is 31.6 Å². The first-order chi connectivity index (χ1) is 12.0. The molecule has 0 unspecified atom stereocenters. The molecule has 6 nitrogen and oxygen atoms in total. The van der Waals surface area contributed by atoms with Crippen LogP contribution in [0.5, 0.6) is 0 Å². The van der Waals surface area contributed by atoms with Gasteiger partial charge in [-0.05, 0) is 43.0 Å². The summed E-state index contributed by atoms with van der Waals surface area (Å²) < 4.78 is 26.5. The van der Waals surface area contributed by atoms with E-state index in [1.807, 2.05) is 24.3 Å². The standard InChI is InChI=1S/C18H27N3O3S/c1-3-11-21(12-4-2)17-8-6-16(7-9-17)14-18(15-19)25(23,24)20-10-5-13-22/h6-9,14,20,22H,3-5,10-13H2,1-2H3/b18-14+. The van der Waals surface area contributed by atoms with Gasteiger partial charge in [-0.25, -0.2) is 13.1 Å². The van der Waals surface area contributed by atoms with Crippen LogP contribution in [-0.4, -0.2) is 39.8 Å². The second kappa shape index (κ2) is 10.9. The van der Waals surface area contributed by atoms with E-state index in [1.54, 1.807) is 6.07 Å². The summed E-state index contributed by atoms with van der Waals surface area (Å²) in [5, 5.41) is 17.9. The Kier molecular flexibility index (Phi) is 9.21. The molecule has 0 heterocycles. The third-order valence-corrected chi connectivity index (χ3v) is 4.94. The summed E-state index contributed by atoms with van der Waals surface area (Å²) in [7, 11) is -3.86. The maximum Gasteiger partial charge on any atom is 0.250 e. The average Bonchev–Trinajstić information content (AvgIpc) is 2.60. The molecular formula is C18H27N3O3S. The maximum atomic E-state index is 12.1. The van der Waals surface area contributed by atoms with Gasteiger partial charge in [0.05, 0.1) is 0 Å². The van der Waals surface area contributed by atoms with Crippen molar-refractivity contribution in [2.24, 2.45) is 0 Å². The highest BCUT2D eigenvalue weighted by Crippen LogP contribution is 2.18. The van der Waals surface area contributed by atoms with Crippen molar-refractivity contribution in [2.75, 3.05) is 31.1 Å². The number of allylic oxidation sites excluding steroid dienone is 1. The zero-order chi connectivity index (χ0) is 18.7. The predicted octanol–water partition coefficient (Wildman–Crippen LogP) is 2.48. The number of rotatable bonds is 11. The van der Waals surface area contributed by atoms with Gasteiger partial charge in [0, 0.05) is 31.9 Å². The topological polar surface area (TPSA) is 93.4 Å². The van der Waals surface area contributed by atoms with Crippen molar-refractivity contribution >= 4 is 21.8 Å². The van der Waals surface area contributed by atoms with Gasteiger partial charge < -0.3 is 10.0 Å². The number of aliphatic hydroxyl groups excluding tert-OH is 1. The lowest BCUT2D eigenvalue weighted by atomic mass is 10.1. The minimum Gasteiger partial charge on any atom is -0.396 e. The van der Waals surface area contributed by atoms with Crippen molar-refractivity contribution in [1.29, 1.82) is 5.26 Å². The summed E-state index contributed by atoms with van der Waals surface area (Å²) >= 11 is 0. The maximum absolute atomic E-state index is 12.1.